The van der Waals surface area contributed by atoms with Crippen molar-refractivity contribution in [2.45, 2.75) is 6.92 Å². The molecular formula is C6H8O4. The maximum absolute atomic E-state index is 9.81. The van der Waals surface area contributed by atoms with Crippen LogP contribution in [-0.4, -0.2) is 22.8 Å². The van der Waals surface area contributed by atoms with Crippen LogP contribution in [0.2, 0.25) is 0 Å². The van der Waals surface area contributed by atoms with Crippen LogP contribution in [0.1, 0.15) is 6.92 Å². The van der Waals surface area contributed by atoms with E-state index in [-0.39, 0.29) is 6.61 Å². The third-order valence-electron chi connectivity index (χ3n) is 0.600. The van der Waals surface area contributed by atoms with Crippen LogP contribution in [0, 0.1) is 0 Å². The lowest BCUT2D eigenvalue weighted by Gasteiger charge is -1.93. The first-order valence-electron chi connectivity index (χ1n) is 2.68. The number of carboxylic acids is 1. The molecule has 56 valence electrons. The zero-order valence-electron chi connectivity index (χ0n) is 5.50. The number of carboxylic acid groups (broad SMARTS) is 1. The van der Waals surface area contributed by atoms with Gasteiger partial charge in [-0.2, -0.15) is 0 Å². The molecule has 0 amide bonds. The molecule has 0 saturated heterocycles. The maximum Gasteiger partial charge on any atom is 0.336 e. The highest BCUT2D eigenvalue weighted by Gasteiger charge is 1.87. The van der Waals surface area contributed by atoms with E-state index in [9.17, 15) is 4.79 Å². The van der Waals surface area contributed by atoms with Crippen molar-refractivity contribution in [3.8, 4) is 0 Å². The molecule has 0 aromatic rings. The van der Waals surface area contributed by atoms with E-state index in [0.29, 0.717) is 6.08 Å². The first-order valence-corrected chi connectivity index (χ1v) is 2.68. The summed E-state index contributed by atoms with van der Waals surface area (Å²) < 4.78 is 4.46. The second-order valence-corrected chi connectivity index (χ2v) is 1.37. The Labute approximate surface area is 58.0 Å². The third-order valence-corrected chi connectivity index (χ3v) is 0.600. The number of hydrogen-bond acceptors (Lipinski definition) is 3. The standard InChI is InChI=1S/C6H8O4/c1-2-10-6(9)4-3-5(7)8/h3,9H,2H2,1H3,(H,7,8). The molecule has 10 heavy (non-hydrogen) atoms. The molecule has 4 heteroatoms. The molecular weight excluding hydrogens is 136 g/mol. The first-order chi connectivity index (χ1) is 4.66. The average molecular weight is 144 g/mol. The molecule has 0 fully saturated rings. The van der Waals surface area contributed by atoms with E-state index in [2.05, 4.69) is 4.74 Å². The zero-order chi connectivity index (χ0) is 7.98. The Kier molecular flexibility index (Phi) is 3.84. The summed E-state index contributed by atoms with van der Waals surface area (Å²) in [6, 6.07) is 0. The Morgan fingerprint density at radius 1 is 1.70 bits per heavy atom. The smallest absolute Gasteiger partial charge is 0.336 e. The number of aliphatic carboxylic acids is 1. The van der Waals surface area contributed by atoms with Crippen LogP contribution >= 0.6 is 0 Å². The van der Waals surface area contributed by atoms with Crippen molar-refractivity contribution >= 4 is 5.97 Å². The molecule has 0 aliphatic rings. The molecule has 0 unspecified atom stereocenters. The summed E-state index contributed by atoms with van der Waals surface area (Å²) in [4.78, 5) is 9.81. The monoisotopic (exact) mass is 144 g/mol. The van der Waals surface area contributed by atoms with Crippen molar-refractivity contribution in [2.75, 3.05) is 6.61 Å². The SMILES string of the molecule is CCOC(O)=C=CC(=O)O. The van der Waals surface area contributed by atoms with Crippen molar-refractivity contribution in [3.05, 3.63) is 17.8 Å². The fourth-order valence-electron chi connectivity index (χ4n) is 0.302. The largest absolute Gasteiger partial charge is 0.478 e. The molecule has 2 N–H and O–H groups in total. The van der Waals surface area contributed by atoms with Gasteiger partial charge in [0.1, 0.15) is 0 Å². The molecule has 0 aromatic heterocycles. The molecule has 0 atom stereocenters. The van der Waals surface area contributed by atoms with Crippen LogP contribution in [0.5, 0.6) is 0 Å². The van der Waals surface area contributed by atoms with Crippen molar-refractivity contribution in [1.82, 2.24) is 0 Å². The Bertz CT molecular complexity index is 176. The van der Waals surface area contributed by atoms with Crippen molar-refractivity contribution in [1.29, 1.82) is 0 Å². The predicted octanol–water partition coefficient (Wildman–Crippen LogP) is 0.662. The predicted molar refractivity (Wildman–Crippen MR) is 33.5 cm³/mol. The van der Waals surface area contributed by atoms with Crippen molar-refractivity contribution < 1.29 is 19.7 Å². The molecule has 0 heterocycles. The Balaban J connectivity index is 4.00. The molecule has 4 nitrogen and oxygen atoms in total. The van der Waals surface area contributed by atoms with Gasteiger partial charge in [0.15, 0.2) is 0 Å². The summed E-state index contributed by atoms with van der Waals surface area (Å²) in [7, 11) is 0. The van der Waals surface area contributed by atoms with Crippen molar-refractivity contribution in [3.63, 3.8) is 0 Å². The van der Waals surface area contributed by atoms with Crippen molar-refractivity contribution in [2.24, 2.45) is 0 Å². The minimum absolute atomic E-state index is 0.284. The minimum Gasteiger partial charge on any atom is -0.478 e. The lowest BCUT2D eigenvalue weighted by Crippen LogP contribution is -1.89. The molecule has 0 aliphatic heterocycles. The van der Waals surface area contributed by atoms with Gasteiger partial charge >= 0.3 is 11.9 Å². The summed E-state index contributed by atoms with van der Waals surface area (Å²) in [5, 5.41) is 16.6. The Morgan fingerprint density at radius 3 is 2.70 bits per heavy atom. The first kappa shape index (κ1) is 8.59. The van der Waals surface area contributed by atoms with Gasteiger partial charge in [0.05, 0.1) is 12.7 Å². The number of hydrogen-bond donors (Lipinski definition) is 2. The fraction of sp³-hybridized carbons (Fsp3) is 0.333. The number of ether oxygens (including phenoxy) is 1. The van der Waals surface area contributed by atoms with Gasteiger partial charge in [0, 0.05) is 0 Å². The van der Waals surface area contributed by atoms with Crippen LogP contribution in [-0.2, 0) is 9.53 Å². The number of aliphatic hydroxyl groups is 1. The number of aliphatic hydroxyl groups excluding tert-OH is 1. The van der Waals surface area contributed by atoms with Crippen LogP contribution in [0.25, 0.3) is 0 Å². The third kappa shape index (κ3) is 4.74. The van der Waals surface area contributed by atoms with E-state index >= 15 is 0 Å². The van der Waals surface area contributed by atoms with Gasteiger partial charge in [-0.1, -0.05) is 0 Å². The van der Waals surface area contributed by atoms with E-state index in [0.717, 1.165) is 0 Å². The second kappa shape index (κ2) is 4.47. The summed E-state index contributed by atoms with van der Waals surface area (Å²) >= 11 is 0. The quantitative estimate of drug-likeness (QED) is 0.347. The fourth-order valence-corrected chi connectivity index (χ4v) is 0.302. The molecule has 0 spiro atoms. The molecule has 0 saturated carbocycles. The van der Waals surface area contributed by atoms with Crippen LogP contribution in [0.15, 0.2) is 17.8 Å². The number of carbonyl (C=O) groups is 1. The van der Waals surface area contributed by atoms with Crippen LogP contribution in [0.3, 0.4) is 0 Å². The number of rotatable bonds is 3. The maximum atomic E-state index is 9.81. The highest BCUT2D eigenvalue weighted by atomic mass is 16.6. The molecule has 0 aromatic carbocycles. The van der Waals surface area contributed by atoms with E-state index in [1.54, 1.807) is 6.92 Å². The molecule has 0 rings (SSSR count). The van der Waals surface area contributed by atoms with Gasteiger partial charge in [-0.3, -0.25) is 0 Å². The summed E-state index contributed by atoms with van der Waals surface area (Å²) in [5.41, 5.74) is 2.01. The zero-order valence-corrected chi connectivity index (χ0v) is 5.50. The summed E-state index contributed by atoms with van der Waals surface area (Å²) in [6.07, 6.45) is 0.672. The molecule has 0 aliphatic carbocycles. The van der Waals surface area contributed by atoms with Crippen LogP contribution < -0.4 is 0 Å². The van der Waals surface area contributed by atoms with E-state index in [4.69, 9.17) is 10.2 Å². The topological polar surface area (TPSA) is 66.8 Å². The van der Waals surface area contributed by atoms with Gasteiger partial charge in [0.2, 0.25) is 0 Å². The lowest BCUT2D eigenvalue weighted by atomic mass is 10.6. The minimum atomic E-state index is -1.17. The summed E-state index contributed by atoms with van der Waals surface area (Å²) in [5.74, 6) is -1.68. The van der Waals surface area contributed by atoms with E-state index in [1.165, 1.54) is 0 Å². The van der Waals surface area contributed by atoms with Gasteiger partial charge in [-0.25, -0.2) is 4.79 Å². The second-order valence-electron chi connectivity index (χ2n) is 1.37. The highest BCUT2D eigenvalue weighted by Crippen LogP contribution is 1.86. The van der Waals surface area contributed by atoms with Gasteiger partial charge in [-0.15, -0.1) is 0 Å². The molecule has 0 radical (unpaired) electrons. The van der Waals surface area contributed by atoms with Gasteiger partial charge in [0.25, 0.3) is 0 Å². The van der Waals surface area contributed by atoms with E-state index in [1.807, 2.05) is 5.73 Å². The highest BCUT2D eigenvalue weighted by molar-refractivity contribution is 5.79. The lowest BCUT2D eigenvalue weighted by molar-refractivity contribution is -0.131. The van der Waals surface area contributed by atoms with Crippen LogP contribution in [0.4, 0.5) is 0 Å². The van der Waals surface area contributed by atoms with Gasteiger partial charge in [-0.05, 0) is 12.7 Å². The normalized spacial score (nSPS) is 7.70. The summed E-state index contributed by atoms with van der Waals surface area (Å²) in [6.45, 7) is 1.95. The molecule has 0 bridgehead atoms. The van der Waals surface area contributed by atoms with E-state index < -0.39 is 11.9 Å². The van der Waals surface area contributed by atoms with Gasteiger partial charge < -0.3 is 14.9 Å². The Morgan fingerprint density at radius 2 is 2.30 bits per heavy atom. The average Bonchev–Trinajstić information content (AvgIpc) is 1.85. The Hall–Kier alpha value is -1.41.